The molecule has 206 valence electrons. The first kappa shape index (κ1) is 30.9. The maximum atomic E-state index is 12.6. The van der Waals surface area contributed by atoms with Gasteiger partial charge in [0.15, 0.2) is 0 Å². The summed E-state index contributed by atoms with van der Waals surface area (Å²) in [6, 6.07) is 18.8. The third-order valence-electron chi connectivity index (χ3n) is 7.08. The van der Waals surface area contributed by atoms with E-state index in [0.717, 1.165) is 36.2 Å². The smallest absolute Gasteiger partial charge is 0.309 e. The van der Waals surface area contributed by atoms with Crippen molar-refractivity contribution in [3.05, 3.63) is 65.7 Å². The molecule has 2 aromatic carbocycles. The Morgan fingerprint density at radius 3 is 2.16 bits per heavy atom. The fraction of sp³-hybridized carbons (Fsp3) is 0.606. The van der Waals surface area contributed by atoms with E-state index in [9.17, 15) is 4.79 Å². The highest BCUT2D eigenvalue weighted by Crippen LogP contribution is 2.22. The van der Waals surface area contributed by atoms with E-state index in [1.54, 1.807) is 0 Å². The molecule has 2 rings (SSSR count). The predicted octanol–water partition coefficient (Wildman–Crippen LogP) is 7.98. The van der Waals surface area contributed by atoms with Crippen LogP contribution >= 0.6 is 0 Å². The summed E-state index contributed by atoms with van der Waals surface area (Å²) in [5.41, 5.74) is 2.56. The zero-order chi connectivity index (χ0) is 26.9. The van der Waals surface area contributed by atoms with Crippen LogP contribution in [0.3, 0.4) is 0 Å². The van der Waals surface area contributed by atoms with Gasteiger partial charge >= 0.3 is 5.97 Å². The molecule has 0 bridgehead atoms. The van der Waals surface area contributed by atoms with E-state index in [4.69, 9.17) is 9.47 Å². The number of hydrogen-bond acceptors (Lipinski definition) is 3. The van der Waals surface area contributed by atoms with Crippen molar-refractivity contribution in [3.63, 3.8) is 0 Å². The first-order chi connectivity index (χ1) is 17.8. The Bertz CT molecular complexity index is 880. The largest absolute Gasteiger partial charge is 0.487 e. The van der Waals surface area contributed by atoms with Gasteiger partial charge in [0.2, 0.25) is 0 Å². The molecule has 0 aliphatic heterocycles. The number of ether oxygens (including phenoxy) is 2. The Balaban J connectivity index is 1.69. The minimum atomic E-state index is -0.179. The molecule has 2 unspecified atom stereocenters. The van der Waals surface area contributed by atoms with Crippen molar-refractivity contribution in [3.8, 4) is 5.75 Å². The van der Waals surface area contributed by atoms with Crippen LogP contribution in [0.25, 0.3) is 0 Å². The zero-order valence-corrected chi connectivity index (χ0v) is 24.2. The van der Waals surface area contributed by atoms with Crippen molar-refractivity contribution in [1.29, 1.82) is 0 Å². The second-order valence-corrected chi connectivity index (χ2v) is 11.4. The number of aryl methyl sites for hydroxylation is 1. The van der Waals surface area contributed by atoms with E-state index in [1.807, 2.05) is 32.0 Å². The number of unbranched alkanes of at least 4 members (excludes halogenated alkanes) is 7. The van der Waals surface area contributed by atoms with E-state index in [-0.39, 0.29) is 24.6 Å². The molecule has 0 amide bonds. The molecular formula is C33H52NO3+. The maximum Gasteiger partial charge on any atom is 0.309 e. The lowest BCUT2D eigenvalue weighted by atomic mass is 10.0. The highest BCUT2D eigenvalue weighted by atomic mass is 16.6. The summed E-state index contributed by atoms with van der Waals surface area (Å²) >= 11 is 0. The molecule has 2 atom stereocenters. The summed E-state index contributed by atoms with van der Waals surface area (Å²) in [4.78, 5) is 12.6. The molecule has 37 heavy (non-hydrogen) atoms. The van der Waals surface area contributed by atoms with Gasteiger partial charge in [0.05, 0.1) is 26.6 Å². The zero-order valence-electron chi connectivity index (χ0n) is 24.2. The lowest BCUT2D eigenvalue weighted by molar-refractivity contribution is -0.904. The number of carbonyl (C=O) groups is 1. The molecule has 2 aromatic rings. The van der Waals surface area contributed by atoms with Crippen LogP contribution in [0.15, 0.2) is 54.6 Å². The van der Waals surface area contributed by atoms with Gasteiger partial charge in [0, 0.05) is 12.0 Å². The van der Waals surface area contributed by atoms with Gasteiger partial charge in [-0.2, -0.15) is 0 Å². The standard InChI is InChI=1S/C33H52NO3/c1-6-7-8-9-10-11-12-16-21-31-22-17-18-23-32(31)37-29(3)27-36-33(35)28(2)24-25-34(4,5)26-30-19-14-13-15-20-30/h13-15,17-20,22-23,28-29H,6-12,16,21,24-27H2,1-5H3/q+1. The van der Waals surface area contributed by atoms with Crippen molar-refractivity contribution in [1.82, 2.24) is 0 Å². The van der Waals surface area contributed by atoms with Crippen molar-refractivity contribution in [2.24, 2.45) is 5.92 Å². The molecule has 0 saturated carbocycles. The number of quaternary nitrogens is 1. The Morgan fingerprint density at radius 1 is 0.838 bits per heavy atom. The van der Waals surface area contributed by atoms with Gasteiger partial charge in [0.25, 0.3) is 0 Å². The van der Waals surface area contributed by atoms with Crippen LogP contribution in [-0.2, 0) is 22.5 Å². The number of nitrogens with zero attached hydrogens (tertiary/aromatic N) is 1. The van der Waals surface area contributed by atoms with Gasteiger partial charge in [0.1, 0.15) is 25.0 Å². The van der Waals surface area contributed by atoms with Gasteiger partial charge in [-0.1, -0.05) is 107 Å². The van der Waals surface area contributed by atoms with Crippen LogP contribution in [0.4, 0.5) is 0 Å². The fourth-order valence-electron chi connectivity index (χ4n) is 4.68. The quantitative estimate of drug-likeness (QED) is 0.109. The SMILES string of the molecule is CCCCCCCCCCc1ccccc1OC(C)COC(=O)C(C)CC[N+](C)(C)Cc1ccccc1. The summed E-state index contributed by atoms with van der Waals surface area (Å²) in [5.74, 6) is 0.652. The number of carbonyl (C=O) groups excluding carboxylic acids is 1. The van der Waals surface area contributed by atoms with Crippen LogP contribution in [0.2, 0.25) is 0 Å². The summed E-state index contributed by atoms with van der Waals surface area (Å²) in [6.45, 7) is 8.35. The molecule has 0 spiro atoms. The average molecular weight is 511 g/mol. The monoisotopic (exact) mass is 510 g/mol. The van der Waals surface area contributed by atoms with Gasteiger partial charge in [-0.15, -0.1) is 0 Å². The molecule has 0 fully saturated rings. The number of hydrogen-bond donors (Lipinski definition) is 0. The average Bonchev–Trinajstić information content (AvgIpc) is 2.88. The Morgan fingerprint density at radius 2 is 1.46 bits per heavy atom. The third kappa shape index (κ3) is 13.2. The summed E-state index contributed by atoms with van der Waals surface area (Å²) < 4.78 is 12.7. The normalized spacial score (nSPS) is 13.2. The molecular weight excluding hydrogens is 458 g/mol. The van der Waals surface area contributed by atoms with Gasteiger partial charge in [-0.3, -0.25) is 4.79 Å². The van der Waals surface area contributed by atoms with Crippen molar-refractivity contribution < 1.29 is 18.8 Å². The lowest BCUT2D eigenvalue weighted by Crippen LogP contribution is -2.40. The highest BCUT2D eigenvalue weighted by Gasteiger charge is 2.22. The molecule has 0 radical (unpaired) electrons. The molecule has 0 aliphatic carbocycles. The second kappa shape index (κ2) is 17.2. The lowest BCUT2D eigenvalue weighted by Gasteiger charge is -2.30. The van der Waals surface area contributed by atoms with Gasteiger partial charge in [-0.25, -0.2) is 0 Å². The maximum absolute atomic E-state index is 12.6. The number of esters is 1. The van der Waals surface area contributed by atoms with E-state index >= 15 is 0 Å². The predicted molar refractivity (Wildman–Crippen MR) is 155 cm³/mol. The topological polar surface area (TPSA) is 35.5 Å². The van der Waals surface area contributed by atoms with Crippen LogP contribution in [0.5, 0.6) is 5.75 Å². The third-order valence-corrected chi connectivity index (χ3v) is 7.08. The minimum absolute atomic E-state index is 0.130. The molecule has 0 saturated heterocycles. The molecule has 4 heteroatoms. The first-order valence-electron chi connectivity index (χ1n) is 14.6. The Hall–Kier alpha value is -2.33. The number of rotatable bonds is 19. The van der Waals surface area contributed by atoms with E-state index in [0.29, 0.717) is 0 Å². The van der Waals surface area contributed by atoms with Crippen molar-refractivity contribution in [2.75, 3.05) is 27.2 Å². The first-order valence-corrected chi connectivity index (χ1v) is 14.6. The summed E-state index contributed by atoms with van der Waals surface area (Å²) in [7, 11) is 4.43. The molecule has 0 heterocycles. The molecule has 0 aliphatic rings. The van der Waals surface area contributed by atoms with Crippen LogP contribution in [0, 0.1) is 5.92 Å². The number of para-hydroxylation sites is 1. The fourth-order valence-corrected chi connectivity index (χ4v) is 4.68. The Labute approximate surface area is 227 Å². The Kier molecular flexibility index (Phi) is 14.4. The van der Waals surface area contributed by atoms with Gasteiger partial charge < -0.3 is 14.0 Å². The van der Waals surface area contributed by atoms with Gasteiger partial charge in [-0.05, 0) is 31.4 Å². The van der Waals surface area contributed by atoms with Crippen molar-refractivity contribution in [2.45, 2.75) is 97.6 Å². The summed E-state index contributed by atoms with van der Waals surface area (Å²) in [6.07, 6.45) is 12.2. The van der Waals surface area contributed by atoms with E-state index in [1.165, 1.54) is 62.5 Å². The van der Waals surface area contributed by atoms with Crippen molar-refractivity contribution >= 4 is 5.97 Å². The highest BCUT2D eigenvalue weighted by molar-refractivity contribution is 5.71. The second-order valence-electron chi connectivity index (χ2n) is 11.4. The number of benzene rings is 2. The van der Waals surface area contributed by atoms with Crippen LogP contribution in [0.1, 0.15) is 89.7 Å². The van der Waals surface area contributed by atoms with E-state index in [2.05, 4.69) is 57.4 Å². The summed E-state index contributed by atoms with van der Waals surface area (Å²) in [5, 5.41) is 0. The minimum Gasteiger partial charge on any atom is -0.487 e. The molecule has 0 aromatic heterocycles. The molecule has 0 N–H and O–H groups in total. The van der Waals surface area contributed by atoms with Crippen LogP contribution in [-0.4, -0.2) is 43.8 Å². The molecule has 4 nitrogen and oxygen atoms in total. The van der Waals surface area contributed by atoms with Crippen LogP contribution < -0.4 is 4.74 Å². The van der Waals surface area contributed by atoms with E-state index < -0.39 is 0 Å².